The third-order valence-corrected chi connectivity index (χ3v) is 3.96. The number of nitrogens with two attached hydrogens (primary N) is 1. The Morgan fingerprint density at radius 1 is 1.20 bits per heavy atom. The molecule has 0 atom stereocenters. The predicted molar refractivity (Wildman–Crippen MR) is 81.9 cm³/mol. The Morgan fingerprint density at radius 3 is 2.35 bits per heavy atom. The number of halogens is 1. The standard InChI is InChI=1S/C15H20FN3S/c1-15(2,3)19(10-13-8-18-14(17)20-13)9-11-4-6-12(16)7-5-11/h4-8H,9-10H2,1-3H3,(H2,17,18). The molecule has 2 rings (SSSR count). The SMILES string of the molecule is CC(C)(C)N(Cc1ccc(F)cc1)Cc1cnc(N)s1. The molecule has 0 saturated heterocycles. The monoisotopic (exact) mass is 293 g/mol. The maximum Gasteiger partial charge on any atom is 0.180 e. The van der Waals surface area contributed by atoms with Crippen LogP contribution in [0.5, 0.6) is 0 Å². The summed E-state index contributed by atoms with van der Waals surface area (Å²) in [5, 5.41) is 0.593. The van der Waals surface area contributed by atoms with Crippen LogP contribution in [0.3, 0.4) is 0 Å². The molecule has 0 saturated carbocycles. The van der Waals surface area contributed by atoms with Gasteiger partial charge < -0.3 is 5.73 Å². The molecule has 108 valence electrons. The molecule has 0 aliphatic rings. The van der Waals surface area contributed by atoms with E-state index in [1.54, 1.807) is 0 Å². The van der Waals surface area contributed by atoms with E-state index >= 15 is 0 Å². The molecule has 3 nitrogen and oxygen atoms in total. The van der Waals surface area contributed by atoms with Crippen LogP contribution in [0.2, 0.25) is 0 Å². The van der Waals surface area contributed by atoms with Crippen LogP contribution in [-0.2, 0) is 13.1 Å². The fourth-order valence-electron chi connectivity index (χ4n) is 1.92. The average Bonchev–Trinajstić information content (AvgIpc) is 2.76. The second kappa shape index (κ2) is 5.89. The number of hydrogen-bond acceptors (Lipinski definition) is 4. The summed E-state index contributed by atoms with van der Waals surface area (Å²) in [6.45, 7) is 8.06. The molecule has 5 heteroatoms. The highest BCUT2D eigenvalue weighted by molar-refractivity contribution is 7.15. The van der Waals surface area contributed by atoms with E-state index in [0.717, 1.165) is 23.5 Å². The van der Waals surface area contributed by atoms with Crippen molar-refractivity contribution in [3.8, 4) is 0 Å². The van der Waals surface area contributed by atoms with Gasteiger partial charge >= 0.3 is 0 Å². The molecule has 1 aromatic carbocycles. The van der Waals surface area contributed by atoms with Crippen molar-refractivity contribution in [2.45, 2.75) is 39.4 Å². The molecule has 20 heavy (non-hydrogen) atoms. The van der Waals surface area contributed by atoms with E-state index in [1.807, 2.05) is 18.3 Å². The van der Waals surface area contributed by atoms with Crippen molar-refractivity contribution in [2.24, 2.45) is 0 Å². The topological polar surface area (TPSA) is 42.2 Å². The summed E-state index contributed by atoms with van der Waals surface area (Å²) in [6.07, 6.45) is 1.82. The fourth-order valence-corrected chi connectivity index (χ4v) is 2.62. The molecule has 2 N–H and O–H groups in total. The number of nitrogen functional groups attached to an aromatic ring is 1. The van der Waals surface area contributed by atoms with Crippen molar-refractivity contribution < 1.29 is 4.39 Å². The molecule has 0 bridgehead atoms. The normalized spacial score (nSPS) is 12.1. The molecular formula is C15H20FN3S. The van der Waals surface area contributed by atoms with Crippen molar-refractivity contribution in [1.29, 1.82) is 0 Å². The lowest BCUT2D eigenvalue weighted by Gasteiger charge is -2.35. The number of anilines is 1. The Hall–Kier alpha value is -1.46. The minimum absolute atomic E-state index is 0.00708. The first-order valence-electron chi connectivity index (χ1n) is 6.54. The van der Waals surface area contributed by atoms with Crippen LogP contribution in [0.25, 0.3) is 0 Å². The van der Waals surface area contributed by atoms with Crippen molar-refractivity contribution in [3.63, 3.8) is 0 Å². The molecule has 1 aromatic heterocycles. The lowest BCUT2D eigenvalue weighted by atomic mass is 10.0. The minimum atomic E-state index is -0.203. The van der Waals surface area contributed by atoms with Gasteiger partial charge in [0.2, 0.25) is 0 Å². The molecular weight excluding hydrogens is 273 g/mol. The molecule has 0 radical (unpaired) electrons. The number of rotatable bonds is 4. The second-order valence-corrected chi connectivity index (χ2v) is 6.96. The number of hydrogen-bond donors (Lipinski definition) is 1. The summed E-state index contributed by atoms with van der Waals surface area (Å²) in [4.78, 5) is 7.56. The highest BCUT2D eigenvalue weighted by atomic mass is 32.1. The largest absolute Gasteiger partial charge is 0.375 e. The third-order valence-electron chi connectivity index (χ3n) is 3.15. The third kappa shape index (κ3) is 4.02. The van der Waals surface area contributed by atoms with Crippen LogP contribution < -0.4 is 5.73 Å². The van der Waals surface area contributed by atoms with Crippen molar-refractivity contribution in [3.05, 3.63) is 46.7 Å². The van der Waals surface area contributed by atoms with Crippen LogP contribution in [0.4, 0.5) is 9.52 Å². The number of aromatic nitrogens is 1. The first kappa shape index (κ1) is 14.9. The lowest BCUT2D eigenvalue weighted by molar-refractivity contribution is 0.120. The number of benzene rings is 1. The zero-order valence-corrected chi connectivity index (χ0v) is 12.9. The van der Waals surface area contributed by atoms with E-state index in [9.17, 15) is 4.39 Å². The van der Waals surface area contributed by atoms with Gasteiger partial charge in [0.05, 0.1) is 0 Å². The Labute approximate surface area is 123 Å². The van der Waals surface area contributed by atoms with Gasteiger partial charge in [0.15, 0.2) is 5.13 Å². The molecule has 0 spiro atoms. The highest BCUT2D eigenvalue weighted by Gasteiger charge is 2.22. The van der Waals surface area contributed by atoms with Gasteiger partial charge in [0, 0.05) is 29.7 Å². The molecule has 1 heterocycles. The predicted octanol–water partition coefficient (Wildman–Crippen LogP) is 3.67. The molecule has 2 aromatic rings. The maximum atomic E-state index is 13.0. The Balaban J connectivity index is 2.13. The maximum absolute atomic E-state index is 13.0. The summed E-state index contributed by atoms with van der Waals surface area (Å²) >= 11 is 1.51. The first-order valence-corrected chi connectivity index (χ1v) is 7.36. The summed E-state index contributed by atoms with van der Waals surface area (Å²) in [7, 11) is 0. The van der Waals surface area contributed by atoms with Crippen LogP contribution in [0.15, 0.2) is 30.5 Å². The van der Waals surface area contributed by atoms with Gasteiger partial charge in [-0.05, 0) is 38.5 Å². The summed E-state index contributed by atoms with van der Waals surface area (Å²) in [5.74, 6) is -0.203. The van der Waals surface area contributed by atoms with E-state index in [2.05, 4.69) is 30.7 Å². The quantitative estimate of drug-likeness (QED) is 0.935. The Bertz CT molecular complexity index is 557. The number of nitrogens with zero attached hydrogens (tertiary/aromatic N) is 2. The van der Waals surface area contributed by atoms with E-state index in [-0.39, 0.29) is 11.4 Å². The van der Waals surface area contributed by atoms with Gasteiger partial charge in [-0.3, -0.25) is 4.90 Å². The Morgan fingerprint density at radius 2 is 1.85 bits per heavy atom. The lowest BCUT2D eigenvalue weighted by Crippen LogP contribution is -2.40. The van der Waals surface area contributed by atoms with Crippen molar-refractivity contribution in [2.75, 3.05) is 5.73 Å². The van der Waals surface area contributed by atoms with Crippen LogP contribution in [0.1, 0.15) is 31.2 Å². The van der Waals surface area contributed by atoms with Crippen molar-refractivity contribution in [1.82, 2.24) is 9.88 Å². The van der Waals surface area contributed by atoms with Gasteiger partial charge in [0.1, 0.15) is 5.82 Å². The highest BCUT2D eigenvalue weighted by Crippen LogP contribution is 2.24. The van der Waals surface area contributed by atoms with Crippen LogP contribution in [-0.4, -0.2) is 15.4 Å². The van der Waals surface area contributed by atoms with E-state index in [0.29, 0.717) is 5.13 Å². The zero-order chi connectivity index (χ0) is 14.8. The van der Waals surface area contributed by atoms with Gasteiger partial charge in [-0.15, -0.1) is 11.3 Å². The van der Waals surface area contributed by atoms with E-state index in [4.69, 9.17) is 5.73 Å². The minimum Gasteiger partial charge on any atom is -0.375 e. The van der Waals surface area contributed by atoms with Crippen molar-refractivity contribution >= 4 is 16.5 Å². The smallest absolute Gasteiger partial charge is 0.180 e. The molecule has 0 fully saturated rings. The van der Waals surface area contributed by atoms with Gasteiger partial charge in [-0.25, -0.2) is 9.37 Å². The Kier molecular flexibility index (Phi) is 4.40. The van der Waals surface area contributed by atoms with Gasteiger partial charge in [0.25, 0.3) is 0 Å². The molecule has 0 aliphatic heterocycles. The molecule has 0 aliphatic carbocycles. The van der Waals surface area contributed by atoms with Crippen LogP contribution in [0, 0.1) is 5.82 Å². The van der Waals surface area contributed by atoms with E-state index in [1.165, 1.54) is 23.5 Å². The first-order chi connectivity index (χ1) is 9.34. The molecule has 0 amide bonds. The fraction of sp³-hybridized carbons (Fsp3) is 0.400. The number of thiazole rings is 1. The van der Waals surface area contributed by atoms with Gasteiger partial charge in [-0.2, -0.15) is 0 Å². The molecule has 0 unspecified atom stereocenters. The summed E-state index contributed by atoms with van der Waals surface area (Å²) < 4.78 is 13.0. The zero-order valence-electron chi connectivity index (χ0n) is 12.1. The van der Waals surface area contributed by atoms with E-state index < -0.39 is 0 Å². The van der Waals surface area contributed by atoms with Gasteiger partial charge in [-0.1, -0.05) is 12.1 Å². The summed E-state index contributed by atoms with van der Waals surface area (Å²) in [6, 6.07) is 6.66. The summed E-state index contributed by atoms with van der Waals surface area (Å²) in [5.41, 5.74) is 6.78. The average molecular weight is 293 g/mol. The van der Waals surface area contributed by atoms with Crippen LogP contribution >= 0.6 is 11.3 Å². The second-order valence-electron chi connectivity index (χ2n) is 5.82.